The van der Waals surface area contributed by atoms with Crippen LogP contribution < -0.4 is 5.32 Å². The number of carbonyl (C=O) groups excluding carboxylic acids is 1. The molecule has 0 unspecified atom stereocenters. The van der Waals surface area contributed by atoms with Gasteiger partial charge in [-0.3, -0.25) is 4.79 Å². The van der Waals surface area contributed by atoms with E-state index in [-0.39, 0.29) is 5.57 Å². The van der Waals surface area contributed by atoms with Gasteiger partial charge in [0.25, 0.3) is 5.91 Å². The first kappa shape index (κ1) is 15.5. The Morgan fingerprint density at radius 1 is 1.10 bits per heavy atom. The largest absolute Gasteiger partial charge is 0.321 e. The molecule has 0 atom stereocenters. The molecule has 0 saturated heterocycles. The maximum atomic E-state index is 12.1. The minimum absolute atomic E-state index is 0.0531. The summed E-state index contributed by atoms with van der Waals surface area (Å²) in [7, 11) is 0. The van der Waals surface area contributed by atoms with Crippen LogP contribution in [-0.4, -0.2) is 5.91 Å². The molecular weight excluding hydrogens is 396 g/mol. The summed E-state index contributed by atoms with van der Waals surface area (Å²) in [4.78, 5) is 12.1. The van der Waals surface area contributed by atoms with Crippen LogP contribution in [0.15, 0.2) is 63.0 Å². The van der Waals surface area contributed by atoms with E-state index >= 15 is 0 Å². The fraction of sp³-hybridized carbons (Fsp3) is 0. The van der Waals surface area contributed by atoms with E-state index in [1.54, 1.807) is 18.2 Å². The third-order valence-corrected chi connectivity index (χ3v) is 3.65. The SMILES string of the molecule is N#C/C(=C/c1ccc(Br)cc1)C(=O)Nc1cccc(Br)c1. The van der Waals surface area contributed by atoms with Crippen molar-refractivity contribution < 1.29 is 4.79 Å². The van der Waals surface area contributed by atoms with E-state index < -0.39 is 5.91 Å². The molecule has 0 heterocycles. The lowest BCUT2D eigenvalue weighted by molar-refractivity contribution is -0.112. The Kier molecular flexibility index (Phi) is 5.32. The molecule has 5 heteroatoms. The number of nitriles is 1. The molecule has 0 aliphatic carbocycles. The van der Waals surface area contributed by atoms with Gasteiger partial charge in [0.2, 0.25) is 0 Å². The van der Waals surface area contributed by atoms with Crippen LogP contribution in [0.4, 0.5) is 5.69 Å². The predicted octanol–water partition coefficient (Wildman–Crippen LogP) is 4.76. The lowest BCUT2D eigenvalue weighted by Gasteiger charge is -2.04. The Morgan fingerprint density at radius 3 is 2.43 bits per heavy atom. The lowest BCUT2D eigenvalue weighted by Crippen LogP contribution is -2.13. The van der Waals surface area contributed by atoms with Crippen LogP contribution in [0.3, 0.4) is 0 Å². The van der Waals surface area contributed by atoms with Crippen LogP contribution in [-0.2, 0) is 4.79 Å². The van der Waals surface area contributed by atoms with Gasteiger partial charge in [-0.2, -0.15) is 5.26 Å². The maximum absolute atomic E-state index is 12.1. The summed E-state index contributed by atoms with van der Waals surface area (Å²) in [6, 6.07) is 16.5. The van der Waals surface area contributed by atoms with Crippen molar-refractivity contribution in [1.82, 2.24) is 0 Å². The third kappa shape index (κ3) is 4.55. The molecule has 0 saturated carbocycles. The molecule has 0 fully saturated rings. The van der Waals surface area contributed by atoms with Crippen LogP contribution in [0, 0.1) is 11.3 Å². The Labute approximate surface area is 139 Å². The van der Waals surface area contributed by atoms with E-state index in [0.29, 0.717) is 5.69 Å². The second-order valence-electron chi connectivity index (χ2n) is 4.19. The highest BCUT2D eigenvalue weighted by Gasteiger charge is 2.09. The Hall–Kier alpha value is -1.90. The van der Waals surface area contributed by atoms with Crippen molar-refractivity contribution in [2.45, 2.75) is 0 Å². The number of hydrogen-bond acceptors (Lipinski definition) is 2. The fourth-order valence-corrected chi connectivity index (χ4v) is 2.30. The predicted molar refractivity (Wildman–Crippen MR) is 90.5 cm³/mol. The Morgan fingerprint density at radius 2 is 1.81 bits per heavy atom. The third-order valence-electron chi connectivity index (χ3n) is 2.63. The summed E-state index contributed by atoms with van der Waals surface area (Å²) in [5.74, 6) is -0.432. The average molecular weight is 406 g/mol. The summed E-state index contributed by atoms with van der Waals surface area (Å²) in [6.07, 6.45) is 1.56. The van der Waals surface area contributed by atoms with Crippen LogP contribution in [0.5, 0.6) is 0 Å². The topological polar surface area (TPSA) is 52.9 Å². The van der Waals surface area contributed by atoms with Crippen LogP contribution >= 0.6 is 31.9 Å². The maximum Gasteiger partial charge on any atom is 0.266 e. The summed E-state index contributed by atoms with van der Waals surface area (Å²) in [6.45, 7) is 0. The summed E-state index contributed by atoms with van der Waals surface area (Å²) < 4.78 is 1.80. The lowest BCUT2D eigenvalue weighted by atomic mass is 10.1. The van der Waals surface area contributed by atoms with Gasteiger partial charge in [-0.15, -0.1) is 0 Å². The molecule has 2 aromatic rings. The highest BCUT2D eigenvalue weighted by molar-refractivity contribution is 9.10. The van der Waals surface area contributed by atoms with Crippen molar-refractivity contribution in [3.8, 4) is 6.07 Å². The minimum Gasteiger partial charge on any atom is -0.321 e. The number of nitrogens with zero attached hydrogens (tertiary/aromatic N) is 1. The smallest absolute Gasteiger partial charge is 0.266 e. The van der Waals surface area contributed by atoms with Crippen LogP contribution in [0.1, 0.15) is 5.56 Å². The zero-order valence-electron chi connectivity index (χ0n) is 10.8. The number of rotatable bonds is 3. The number of hydrogen-bond donors (Lipinski definition) is 1. The first-order valence-corrected chi connectivity index (χ1v) is 7.61. The Balaban J connectivity index is 2.19. The van der Waals surface area contributed by atoms with Crippen LogP contribution in [0.2, 0.25) is 0 Å². The van der Waals surface area contributed by atoms with Gasteiger partial charge in [-0.05, 0) is 42.0 Å². The zero-order valence-corrected chi connectivity index (χ0v) is 14.0. The van der Waals surface area contributed by atoms with E-state index in [1.807, 2.05) is 42.5 Å². The number of nitrogens with one attached hydrogen (secondary N) is 1. The van der Waals surface area contributed by atoms with Gasteiger partial charge in [0.1, 0.15) is 11.6 Å². The van der Waals surface area contributed by atoms with E-state index in [9.17, 15) is 4.79 Å². The molecule has 1 amide bonds. The number of amides is 1. The van der Waals surface area contributed by atoms with Crippen molar-refractivity contribution in [1.29, 1.82) is 5.26 Å². The molecule has 2 aromatic carbocycles. The molecule has 0 aliphatic heterocycles. The molecule has 3 nitrogen and oxygen atoms in total. The molecule has 0 radical (unpaired) electrons. The minimum atomic E-state index is -0.432. The summed E-state index contributed by atoms with van der Waals surface area (Å²) in [5.41, 5.74) is 1.47. The molecule has 0 bridgehead atoms. The monoisotopic (exact) mass is 404 g/mol. The first-order chi connectivity index (χ1) is 10.1. The van der Waals surface area contributed by atoms with Gasteiger partial charge in [0, 0.05) is 14.6 Å². The molecule has 0 aliphatic rings. The highest BCUT2D eigenvalue weighted by Crippen LogP contribution is 2.17. The number of anilines is 1. The summed E-state index contributed by atoms with van der Waals surface area (Å²) in [5, 5.41) is 11.8. The normalized spacial score (nSPS) is 10.8. The van der Waals surface area contributed by atoms with Crippen molar-refractivity contribution in [3.63, 3.8) is 0 Å². The van der Waals surface area contributed by atoms with Gasteiger partial charge in [0.15, 0.2) is 0 Å². The molecule has 1 N–H and O–H groups in total. The average Bonchev–Trinajstić information content (AvgIpc) is 2.46. The van der Waals surface area contributed by atoms with Crippen molar-refractivity contribution >= 4 is 49.5 Å². The van der Waals surface area contributed by atoms with Crippen molar-refractivity contribution in [3.05, 3.63) is 68.6 Å². The molecule has 2 rings (SSSR count). The molecule has 104 valence electrons. The molecular formula is C16H10Br2N2O. The fourth-order valence-electron chi connectivity index (χ4n) is 1.64. The second-order valence-corrected chi connectivity index (χ2v) is 6.02. The van der Waals surface area contributed by atoms with Gasteiger partial charge in [-0.1, -0.05) is 50.1 Å². The van der Waals surface area contributed by atoms with Gasteiger partial charge < -0.3 is 5.32 Å². The highest BCUT2D eigenvalue weighted by atomic mass is 79.9. The van der Waals surface area contributed by atoms with E-state index in [0.717, 1.165) is 14.5 Å². The van der Waals surface area contributed by atoms with Gasteiger partial charge >= 0.3 is 0 Å². The first-order valence-electron chi connectivity index (χ1n) is 6.03. The van der Waals surface area contributed by atoms with E-state index in [2.05, 4.69) is 37.2 Å². The van der Waals surface area contributed by atoms with E-state index in [4.69, 9.17) is 5.26 Å². The Bertz CT molecular complexity index is 731. The number of carbonyl (C=O) groups is 1. The van der Waals surface area contributed by atoms with E-state index in [1.165, 1.54) is 0 Å². The van der Waals surface area contributed by atoms with Gasteiger partial charge in [0.05, 0.1) is 0 Å². The molecule has 21 heavy (non-hydrogen) atoms. The molecule has 0 spiro atoms. The van der Waals surface area contributed by atoms with Gasteiger partial charge in [-0.25, -0.2) is 0 Å². The number of halogens is 2. The summed E-state index contributed by atoms with van der Waals surface area (Å²) >= 11 is 6.67. The number of benzene rings is 2. The standard InChI is InChI=1S/C16H10Br2N2O/c17-13-6-4-11(5-7-13)8-12(10-19)16(21)20-15-3-1-2-14(18)9-15/h1-9H,(H,20,21)/b12-8-. The van der Waals surface area contributed by atoms with Crippen molar-refractivity contribution in [2.24, 2.45) is 0 Å². The molecule has 0 aromatic heterocycles. The van der Waals surface area contributed by atoms with Crippen LogP contribution in [0.25, 0.3) is 6.08 Å². The van der Waals surface area contributed by atoms with Crippen molar-refractivity contribution in [2.75, 3.05) is 5.32 Å². The quantitative estimate of drug-likeness (QED) is 0.591. The zero-order chi connectivity index (χ0) is 15.2. The second kappa shape index (κ2) is 7.21.